The molecule has 0 atom stereocenters. The van der Waals surface area contributed by atoms with Crippen LogP contribution in [-0.4, -0.2) is 67.8 Å². The van der Waals surface area contributed by atoms with Crippen molar-refractivity contribution in [2.75, 3.05) is 33.4 Å². The molecule has 1 fully saturated rings. The van der Waals surface area contributed by atoms with Crippen LogP contribution < -0.4 is 5.32 Å². The molecule has 1 rings (SSSR count). The maximum atomic E-state index is 12.1. The summed E-state index contributed by atoms with van der Waals surface area (Å²) in [5.74, 6) is -1.74. The number of carbonyl (C=O) groups excluding carboxylic acids is 4. The number of carbonyl (C=O) groups is 4. The van der Waals surface area contributed by atoms with Crippen LogP contribution in [0.4, 0.5) is 4.79 Å². The highest BCUT2D eigenvalue weighted by Crippen LogP contribution is 2.32. The van der Waals surface area contributed by atoms with Gasteiger partial charge in [0.05, 0.1) is 13.7 Å². The zero-order valence-electron chi connectivity index (χ0n) is 17.3. The Hall–Kier alpha value is -2.32. The second-order valence-corrected chi connectivity index (χ2v) is 6.87. The fourth-order valence-corrected chi connectivity index (χ4v) is 2.34. The second-order valence-electron chi connectivity index (χ2n) is 6.87. The molecule has 0 spiro atoms. The molecule has 27 heavy (non-hydrogen) atoms. The van der Waals surface area contributed by atoms with Gasteiger partial charge >= 0.3 is 18.0 Å². The van der Waals surface area contributed by atoms with E-state index in [0.717, 1.165) is 0 Å². The molecule has 9 heteroatoms. The first-order chi connectivity index (χ1) is 12.5. The summed E-state index contributed by atoms with van der Waals surface area (Å²) in [5, 5.41) is 2.52. The summed E-state index contributed by atoms with van der Waals surface area (Å²) < 4.78 is 14.7. The molecule has 0 aliphatic carbocycles. The Morgan fingerprint density at radius 1 is 1.11 bits per heavy atom. The molecule has 0 saturated carbocycles. The van der Waals surface area contributed by atoms with E-state index in [1.165, 1.54) is 12.0 Å². The number of rotatable bonds is 6. The lowest BCUT2D eigenvalue weighted by atomic mass is 9.79. The van der Waals surface area contributed by atoms with Crippen molar-refractivity contribution in [3.63, 3.8) is 0 Å². The standard InChI is InChI=1S/C16H26N2O7.C2H6/c1-6-24-12(20)7-11(19)17-8-16(13(21)23-5)9-18(10-16)14(22)25-15(2,3)4;1-2/h6-10H2,1-5H3,(H,17,19);1-2H3. The van der Waals surface area contributed by atoms with E-state index in [4.69, 9.17) is 9.47 Å². The number of likely N-dealkylation sites (tertiary alicyclic amines) is 1. The van der Waals surface area contributed by atoms with Crippen molar-refractivity contribution in [2.45, 2.75) is 53.6 Å². The Bertz CT molecular complexity index is 534. The highest BCUT2D eigenvalue weighted by Gasteiger charge is 2.53. The van der Waals surface area contributed by atoms with Gasteiger partial charge < -0.3 is 24.4 Å². The number of hydrogen-bond donors (Lipinski definition) is 1. The van der Waals surface area contributed by atoms with Crippen molar-refractivity contribution in [3.05, 3.63) is 0 Å². The van der Waals surface area contributed by atoms with E-state index in [1.54, 1.807) is 27.7 Å². The lowest BCUT2D eigenvalue weighted by molar-refractivity contribution is -0.162. The Balaban J connectivity index is 0.00000326. The molecule has 1 aliphatic heterocycles. The molecule has 0 aromatic carbocycles. The molecule has 1 N–H and O–H groups in total. The molecule has 0 aromatic rings. The number of hydrogen-bond acceptors (Lipinski definition) is 7. The summed E-state index contributed by atoms with van der Waals surface area (Å²) in [6.45, 7) is 11.1. The molecule has 9 nitrogen and oxygen atoms in total. The van der Waals surface area contributed by atoms with E-state index < -0.39 is 41.4 Å². The molecule has 0 unspecified atom stereocenters. The molecular formula is C18H32N2O7. The maximum absolute atomic E-state index is 12.1. The zero-order valence-corrected chi connectivity index (χ0v) is 17.3. The van der Waals surface area contributed by atoms with E-state index in [0.29, 0.717) is 0 Å². The topological polar surface area (TPSA) is 111 Å². The van der Waals surface area contributed by atoms with E-state index in [1.807, 2.05) is 13.8 Å². The monoisotopic (exact) mass is 388 g/mol. The Morgan fingerprint density at radius 3 is 2.11 bits per heavy atom. The predicted molar refractivity (Wildman–Crippen MR) is 97.9 cm³/mol. The van der Waals surface area contributed by atoms with E-state index in [2.05, 4.69) is 10.1 Å². The number of methoxy groups -OCH3 is 1. The van der Waals surface area contributed by atoms with Gasteiger partial charge in [-0.2, -0.15) is 0 Å². The maximum Gasteiger partial charge on any atom is 0.410 e. The van der Waals surface area contributed by atoms with Crippen LogP contribution in [-0.2, 0) is 28.6 Å². The van der Waals surface area contributed by atoms with Crippen molar-refractivity contribution < 1.29 is 33.4 Å². The Kier molecular flexibility index (Phi) is 9.82. The van der Waals surface area contributed by atoms with Crippen LogP contribution >= 0.6 is 0 Å². The number of esters is 2. The normalized spacial score (nSPS) is 14.7. The minimum Gasteiger partial charge on any atom is -0.468 e. The molecule has 156 valence electrons. The summed E-state index contributed by atoms with van der Waals surface area (Å²) in [6.07, 6.45) is -0.967. The van der Waals surface area contributed by atoms with Gasteiger partial charge in [0.1, 0.15) is 17.4 Å². The molecule has 1 heterocycles. The highest BCUT2D eigenvalue weighted by molar-refractivity contribution is 5.94. The third-order valence-corrected chi connectivity index (χ3v) is 3.49. The SMILES string of the molecule is CC.CCOC(=O)CC(=O)NCC1(C(=O)OC)CN(C(=O)OC(C)(C)C)C1. The zero-order chi connectivity index (χ0) is 21.3. The second kappa shape index (κ2) is 10.7. The smallest absolute Gasteiger partial charge is 0.410 e. The third-order valence-electron chi connectivity index (χ3n) is 3.49. The molecule has 1 aliphatic rings. The summed E-state index contributed by atoms with van der Waals surface area (Å²) in [6, 6.07) is 0. The van der Waals surface area contributed by atoms with E-state index in [9.17, 15) is 19.2 Å². The van der Waals surface area contributed by atoms with Gasteiger partial charge in [-0.05, 0) is 27.7 Å². The van der Waals surface area contributed by atoms with Gasteiger partial charge in [0.2, 0.25) is 5.91 Å². The molecule has 0 aromatic heterocycles. The third kappa shape index (κ3) is 7.84. The number of amides is 2. The van der Waals surface area contributed by atoms with Crippen LogP contribution in [0.2, 0.25) is 0 Å². The minimum absolute atomic E-state index is 0.0444. The largest absolute Gasteiger partial charge is 0.468 e. The van der Waals surface area contributed by atoms with Crippen molar-refractivity contribution >= 4 is 23.9 Å². The first-order valence-corrected chi connectivity index (χ1v) is 9.01. The highest BCUT2D eigenvalue weighted by atomic mass is 16.6. The fourth-order valence-electron chi connectivity index (χ4n) is 2.34. The average Bonchev–Trinajstić information content (AvgIpc) is 2.53. The minimum atomic E-state index is -1.05. The van der Waals surface area contributed by atoms with E-state index >= 15 is 0 Å². The van der Waals surface area contributed by atoms with Gasteiger partial charge in [0, 0.05) is 19.6 Å². The summed E-state index contributed by atoms with van der Waals surface area (Å²) >= 11 is 0. The van der Waals surface area contributed by atoms with E-state index in [-0.39, 0.29) is 26.2 Å². The summed E-state index contributed by atoms with van der Waals surface area (Å²) in [5.41, 5.74) is -1.69. The molecule has 1 saturated heterocycles. The number of nitrogens with zero attached hydrogens (tertiary/aromatic N) is 1. The van der Waals surface area contributed by atoms with Crippen LogP contribution in [0.25, 0.3) is 0 Å². The average molecular weight is 388 g/mol. The van der Waals surface area contributed by atoms with Gasteiger partial charge in [-0.15, -0.1) is 0 Å². The quantitative estimate of drug-likeness (QED) is 0.417. The van der Waals surface area contributed by atoms with Crippen LogP contribution in [0.15, 0.2) is 0 Å². The van der Waals surface area contributed by atoms with Crippen molar-refractivity contribution in [1.82, 2.24) is 10.2 Å². The Morgan fingerprint density at radius 2 is 1.67 bits per heavy atom. The lowest BCUT2D eigenvalue weighted by Crippen LogP contribution is -2.66. The van der Waals surface area contributed by atoms with Gasteiger partial charge in [-0.3, -0.25) is 14.4 Å². The van der Waals surface area contributed by atoms with Crippen molar-refractivity contribution in [1.29, 1.82) is 0 Å². The fraction of sp³-hybridized carbons (Fsp3) is 0.778. The predicted octanol–water partition coefficient (Wildman–Crippen LogP) is 1.49. The summed E-state index contributed by atoms with van der Waals surface area (Å²) in [7, 11) is 1.24. The lowest BCUT2D eigenvalue weighted by Gasteiger charge is -2.47. The molecule has 0 radical (unpaired) electrons. The van der Waals surface area contributed by atoms with Crippen LogP contribution in [0.5, 0.6) is 0 Å². The van der Waals surface area contributed by atoms with Gasteiger partial charge in [0.15, 0.2) is 0 Å². The number of nitrogens with one attached hydrogen (secondary N) is 1. The first-order valence-electron chi connectivity index (χ1n) is 9.01. The summed E-state index contributed by atoms with van der Waals surface area (Å²) in [4.78, 5) is 48.5. The van der Waals surface area contributed by atoms with Crippen LogP contribution in [0.1, 0.15) is 48.0 Å². The van der Waals surface area contributed by atoms with Crippen LogP contribution in [0, 0.1) is 5.41 Å². The molecule has 0 bridgehead atoms. The van der Waals surface area contributed by atoms with Gasteiger partial charge in [0.25, 0.3) is 0 Å². The van der Waals surface area contributed by atoms with Gasteiger partial charge in [-0.1, -0.05) is 13.8 Å². The first kappa shape index (κ1) is 24.7. The van der Waals surface area contributed by atoms with Gasteiger partial charge in [-0.25, -0.2) is 4.79 Å². The number of ether oxygens (including phenoxy) is 3. The Labute approximate surface area is 160 Å². The van der Waals surface area contributed by atoms with Crippen molar-refractivity contribution in [3.8, 4) is 0 Å². The molecule has 2 amide bonds. The van der Waals surface area contributed by atoms with Crippen LogP contribution in [0.3, 0.4) is 0 Å². The van der Waals surface area contributed by atoms with Crippen molar-refractivity contribution in [2.24, 2.45) is 5.41 Å². The molecular weight excluding hydrogens is 356 g/mol.